The van der Waals surface area contributed by atoms with Crippen LogP contribution in [0.4, 0.5) is 5.69 Å². The van der Waals surface area contributed by atoms with Crippen LogP contribution in [-0.2, 0) is 16.1 Å². The van der Waals surface area contributed by atoms with Gasteiger partial charge in [-0.2, -0.15) is 0 Å². The first-order chi connectivity index (χ1) is 11.9. The van der Waals surface area contributed by atoms with Crippen molar-refractivity contribution in [3.63, 3.8) is 0 Å². The molecule has 1 aliphatic rings. The van der Waals surface area contributed by atoms with Gasteiger partial charge in [0.1, 0.15) is 0 Å². The van der Waals surface area contributed by atoms with Gasteiger partial charge in [0, 0.05) is 25.2 Å². The fourth-order valence-electron chi connectivity index (χ4n) is 3.12. The molecule has 1 heterocycles. The molecule has 1 aliphatic heterocycles. The summed E-state index contributed by atoms with van der Waals surface area (Å²) in [7, 11) is 0. The van der Waals surface area contributed by atoms with E-state index in [1.165, 1.54) is 5.56 Å². The highest BCUT2D eigenvalue weighted by Gasteiger charge is 2.34. The zero-order valence-electron chi connectivity index (χ0n) is 15.0. The van der Waals surface area contributed by atoms with Gasteiger partial charge in [-0.3, -0.25) is 9.59 Å². The van der Waals surface area contributed by atoms with E-state index in [4.69, 9.17) is 0 Å². The smallest absolute Gasteiger partial charge is 0.229 e. The number of hydrogen-bond acceptors (Lipinski definition) is 2. The lowest BCUT2D eigenvalue weighted by molar-refractivity contribution is -0.128. The summed E-state index contributed by atoms with van der Waals surface area (Å²) in [6.45, 7) is 7.05. The number of carbonyl (C=O) groups excluding carboxylic acids is 2. The van der Waals surface area contributed by atoms with E-state index in [1.807, 2.05) is 63.2 Å². The zero-order valence-corrected chi connectivity index (χ0v) is 15.0. The third-order valence-corrected chi connectivity index (χ3v) is 4.73. The van der Waals surface area contributed by atoms with E-state index in [0.717, 1.165) is 22.4 Å². The third-order valence-electron chi connectivity index (χ3n) is 4.73. The van der Waals surface area contributed by atoms with Crippen molar-refractivity contribution < 1.29 is 9.59 Å². The molecule has 0 spiro atoms. The maximum atomic E-state index is 12.6. The first kappa shape index (κ1) is 17.2. The lowest BCUT2D eigenvalue weighted by Crippen LogP contribution is -2.28. The SMILES string of the molecule is Cc1ccc(CN2C[C@H](C(=O)Nc3cc(C)ccc3C)CC2=O)cc1. The molecule has 2 aromatic rings. The largest absolute Gasteiger partial charge is 0.338 e. The second-order valence-electron chi connectivity index (χ2n) is 6.97. The Morgan fingerprint density at radius 2 is 1.76 bits per heavy atom. The number of likely N-dealkylation sites (tertiary alicyclic amines) is 1. The Kier molecular flexibility index (Phi) is 4.88. The molecule has 0 saturated carbocycles. The van der Waals surface area contributed by atoms with Crippen LogP contribution in [0.1, 0.15) is 28.7 Å². The Balaban J connectivity index is 1.64. The topological polar surface area (TPSA) is 49.4 Å². The summed E-state index contributed by atoms with van der Waals surface area (Å²) in [6, 6.07) is 14.1. The molecule has 0 unspecified atom stereocenters. The van der Waals surface area contributed by atoms with Crippen molar-refractivity contribution in [3.8, 4) is 0 Å². The highest BCUT2D eigenvalue weighted by atomic mass is 16.2. The quantitative estimate of drug-likeness (QED) is 0.927. The maximum absolute atomic E-state index is 12.6. The normalized spacial score (nSPS) is 17.0. The summed E-state index contributed by atoms with van der Waals surface area (Å²) in [5.74, 6) is -0.326. The lowest BCUT2D eigenvalue weighted by atomic mass is 10.1. The van der Waals surface area contributed by atoms with Gasteiger partial charge in [0.05, 0.1) is 5.92 Å². The van der Waals surface area contributed by atoms with Crippen molar-refractivity contribution in [1.82, 2.24) is 4.90 Å². The monoisotopic (exact) mass is 336 g/mol. The number of carbonyl (C=O) groups is 2. The Labute approximate surface area is 148 Å². The van der Waals surface area contributed by atoms with Crippen LogP contribution in [0.2, 0.25) is 0 Å². The lowest BCUT2D eigenvalue weighted by Gasteiger charge is -2.17. The average molecular weight is 336 g/mol. The van der Waals surface area contributed by atoms with Crippen LogP contribution >= 0.6 is 0 Å². The molecule has 2 aromatic carbocycles. The first-order valence-electron chi connectivity index (χ1n) is 8.64. The van der Waals surface area contributed by atoms with Crippen LogP contribution in [0.15, 0.2) is 42.5 Å². The fraction of sp³-hybridized carbons (Fsp3) is 0.333. The van der Waals surface area contributed by atoms with E-state index in [0.29, 0.717) is 13.1 Å². The van der Waals surface area contributed by atoms with Crippen molar-refractivity contribution in [2.75, 3.05) is 11.9 Å². The molecule has 0 aromatic heterocycles. The van der Waals surface area contributed by atoms with Gasteiger partial charge in [-0.25, -0.2) is 0 Å². The summed E-state index contributed by atoms with van der Waals surface area (Å²) < 4.78 is 0. The van der Waals surface area contributed by atoms with Gasteiger partial charge >= 0.3 is 0 Å². The van der Waals surface area contributed by atoms with Crippen molar-refractivity contribution >= 4 is 17.5 Å². The molecule has 0 aliphatic carbocycles. The van der Waals surface area contributed by atoms with Crippen molar-refractivity contribution in [3.05, 3.63) is 64.7 Å². The number of nitrogens with zero attached hydrogens (tertiary/aromatic N) is 1. The number of anilines is 1. The number of rotatable bonds is 4. The van der Waals surface area contributed by atoms with Crippen molar-refractivity contribution in [2.45, 2.75) is 33.7 Å². The molecule has 0 radical (unpaired) electrons. The Hall–Kier alpha value is -2.62. The zero-order chi connectivity index (χ0) is 18.0. The minimum Gasteiger partial charge on any atom is -0.338 e. The number of nitrogens with one attached hydrogen (secondary N) is 1. The predicted molar refractivity (Wildman–Crippen MR) is 99.2 cm³/mol. The maximum Gasteiger partial charge on any atom is 0.229 e. The molecule has 1 atom stereocenters. The molecule has 3 rings (SSSR count). The average Bonchev–Trinajstić information content (AvgIpc) is 2.94. The van der Waals surface area contributed by atoms with E-state index >= 15 is 0 Å². The molecule has 0 bridgehead atoms. The molecular weight excluding hydrogens is 312 g/mol. The van der Waals surface area contributed by atoms with E-state index in [1.54, 1.807) is 4.90 Å². The second-order valence-corrected chi connectivity index (χ2v) is 6.97. The summed E-state index contributed by atoms with van der Waals surface area (Å²) in [4.78, 5) is 26.6. The van der Waals surface area contributed by atoms with Crippen LogP contribution in [0.3, 0.4) is 0 Å². The van der Waals surface area contributed by atoms with Crippen LogP contribution in [0.25, 0.3) is 0 Å². The van der Waals surface area contributed by atoms with E-state index in [-0.39, 0.29) is 24.2 Å². The van der Waals surface area contributed by atoms with E-state index < -0.39 is 0 Å². The second kappa shape index (κ2) is 7.09. The molecule has 4 heteroatoms. The van der Waals surface area contributed by atoms with Crippen LogP contribution < -0.4 is 5.32 Å². The van der Waals surface area contributed by atoms with Gasteiger partial charge in [-0.15, -0.1) is 0 Å². The van der Waals surface area contributed by atoms with Gasteiger partial charge in [-0.1, -0.05) is 42.0 Å². The molecule has 1 N–H and O–H groups in total. The van der Waals surface area contributed by atoms with Gasteiger partial charge in [0.15, 0.2) is 0 Å². The van der Waals surface area contributed by atoms with Crippen molar-refractivity contribution in [2.24, 2.45) is 5.92 Å². The van der Waals surface area contributed by atoms with E-state index in [2.05, 4.69) is 5.32 Å². The molecule has 2 amide bonds. The molecule has 130 valence electrons. The summed E-state index contributed by atoms with van der Waals surface area (Å²) in [5, 5.41) is 2.99. The number of hydrogen-bond donors (Lipinski definition) is 1. The summed E-state index contributed by atoms with van der Waals surface area (Å²) in [6.07, 6.45) is 0.280. The summed E-state index contributed by atoms with van der Waals surface area (Å²) in [5.41, 5.74) is 5.25. The molecule has 1 fully saturated rings. The molecule has 25 heavy (non-hydrogen) atoms. The van der Waals surface area contributed by atoms with E-state index in [9.17, 15) is 9.59 Å². The third kappa shape index (κ3) is 4.08. The van der Waals surface area contributed by atoms with Gasteiger partial charge in [0.2, 0.25) is 11.8 Å². The molecule has 4 nitrogen and oxygen atoms in total. The Bertz CT molecular complexity index is 796. The predicted octanol–water partition coefficient (Wildman–Crippen LogP) is 3.60. The number of aryl methyl sites for hydroxylation is 3. The molecule has 1 saturated heterocycles. The van der Waals surface area contributed by atoms with Crippen molar-refractivity contribution in [1.29, 1.82) is 0 Å². The first-order valence-corrected chi connectivity index (χ1v) is 8.64. The minimum absolute atomic E-state index is 0.0432. The Morgan fingerprint density at radius 1 is 1.08 bits per heavy atom. The van der Waals surface area contributed by atoms with Gasteiger partial charge in [-0.05, 0) is 43.5 Å². The number of benzene rings is 2. The standard InChI is InChI=1S/C21H24N2O2/c1-14-5-8-17(9-6-14)12-23-13-18(11-20(23)24)21(25)22-19-10-15(2)4-7-16(19)3/h4-10,18H,11-13H2,1-3H3,(H,22,25)/t18-/m1/s1. The van der Waals surface area contributed by atoms with Crippen LogP contribution in [-0.4, -0.2) is 23.3 Å². The van der Waals surface area contributed by atoms with Crippen LogP contribution in [0, 0.1) is 26.7 Å². The molecular formula is C21H24N2O2. The Morgan fingerprint density at radius 3 is 2.48 bits per heavy atom. The van der Waals surface area contributed by atoms with Gasteiger partial charge in [0.25, 0.3) is 0 Å². The fourth-order valence-corrected chi connectivity index (χ4v) is 3.12. The minimum atomic E-state index is -0.294. The van der Waals surface area contributed by atoms with Gasteiger partial charge < -0.3 is 10.2 Å². The highest BCUT2D eigenvalue weighted by molar-refractivity contribution is 5.97. The highest BCUT2D eigenvalue weighted by Crippen LogP contribution is 2.23. The van der Waals surface area contributed by atoms with Crippen LogP contribution in [0.5, 0.6) is 0 Å². The summed E-state index contributed by atoms with van der Waals surface area (Å²) >= 11 is 0. The number of amides is 2.